The Morgan fingerprint density at radius 2 is 1.74 bits per heavy atom. The predicted molar refractivity (Wildman–Crippen MR) is 105 cm³/mol. The molecule has 27 heavy (non-hydrogen) atoms. The van der Waals surface area contributed by atoms with Gasteiger partial charge in [-0.15, -0.1) is 0 Å². The number of hydrogen-bond donors (Lipinski definition) is 0. The van der Waals surface area contributed by atoms with Crippen LogP contribution in [0.4, 0.5) is 0 Å². The molecule has 140 valence electrons. The second-order valence-corrected chi connectivity index (χ2v) is 7.95. The summed E-state index contributed by atoms with van der Waals surface area (Å²) in [5, 5.41) is 0. The van der Waals surface area contributed by atoms with Crippen LogP contribution in [0.25, 0.3) is 0 Å². The zero-order chi connectivity index (χ0) is 18.2. The monoisotopic (exact) mass is 362 g/mol. The molecule has 4 heteroatoms. The van der Waals surface area contributed by atoms with E-state index in [-0.39, 0.29) is 5.91 Å². The Balaban J connectivity index is 1.19. The van der Waals surface area contributed by atoms with Gasteiger partial charge in [0, 0.05) is 44.7 Å². The van der Waals surface area contributed by atoms with Crippen molar-refractivity contribution in [3.05, 3.63) is 64.2 Å². The molecule has 1 saturated heterocycles. The van der Waals surface area contributed by atoms with E-state index >= 15 is 0 Å². The molecule has 1 fully saturated rings. The van der Waals surface area contributed by atoms with Crippen LogP contribution in [0, 0.1) is 0 Å². The highest BCUT2D eigenvalue weighted by molar-refractivity contribution is 5.94. The number of aryl methyl sites for hydroxylation is 2. The molecule has 0 bridgehead atoms. The first-order valence-electron chi connectivity index (χ1n) is 10.1. The Bertz CT molecular complexity index is 869. The summed E-state index contributed by atoms with van der Waals surface area (Å²) in [6.45, 7) is 5.25. The molecule has 2 heterocycles. The molecule has 0 unspecified atom stereocenters. The molecule has 2 aliphatic heterocycles. The smallest absolute Gasteiger partial charge is 0.253 e. The maximum Gasteiger partial charge on any atom is 0.253 e. The lowest BCUT2D eigenvalue weighted by molar-refractivity contribution is 0.0628. The number of carbonyl (C=O) groups excluding carboxylic acids is 1. The second-order valence-electron chi connectivity index (χ2n) is 7.95. The van der Waals surface area contributed by atoms with Crippen LogP contribution in [0.5, 0.6) is 5.75 Å². The van der Waals surface area contributed by atoms with Gasteiger partial charge < -0.3 is 9.64 Å². The van der Waals surface area contributed by atoms with Crippen molar-refractivity contribution in [1.29, 1.82) is 0 Å². The van der Waals surface area contributed by atoms with Gasteiger partial charge in [-0.1, -0.05) is 18.2 Å². The highest BCUT2D eigenvalue weighted by Crippen LogP contribution is 2.27. The van der Waals surface area contributed by atoms with Gasteiger partial charge in [0.25, 0.3) is 5.91 Å². The van der Waals surface area contributed by atoms with E-state index in [1.54, 1.807) is 0 Å². The average Bonchev–Trinajstić information content (AvgIpc) is 3.36. The van der Waals surface area contributed by atoms with E-state index in [2.05, 4.69) is 35.2 Å². The molecule has 2 aromatic carbocycles. The number of ether oxygens (including phenoxy) is 1. The standard InChI is InChI=1S/C23H26N2O2/c26-23(21-6-5-18-2-1-3-19(18)15-21)25-11-9-24(10-12-25)16-17-4-7-22-20(14-17)8-13-27-22/h4-7,14-15H,1-3,8-13,16H2. The van der Waals surface area contributed by atoms with Crippen LogP contribution < -0.4 is 4.74 Å². The van der Waals surface area contributed by atoms with E-state index in [0.29, 0.717) is 0 Å². The topological polar surface area (TPSA) is 32.8 Å². The SMILES string of the molecule is O=C(c1ccc2c(c1)CCC2)N1CCN(Cc2ccc3c(c2)CCO3)CC1. The molecular formula is C23H26N2O2. The maximum absolute atomic E-state index is 12.9. The first kappa shape index (κ1) is 16.8. The minimum Gasteiger partial charge on any atom is -0.493 e. The molecule has 0 N–H and O–H groups in total. The van der Waals surface area contributed by atoms with E-state index in [4.69, 9.17) is 4.74 Å². The van der Waals surface area contributed by atoms with Crippen molar-refractivity contribution in [2.45, 2.75) is 32.2 Å². The summed E-state index contributed by atoms with van der Waals surface area (Å²) in [6, 6.07) is 12.9. The first-order chi connectivity index (χ1) is 13.3. The fraction of sp³-hybridized carbons (Fsp3) is 0.435. The van der Waals surface area contributed by atoms with Gasteiger partial charge in [0.05, 0.1) is 6.61 Å². The number of amides is 1. The molecule has 0 saturated carbocycles. The van der Waals surface area contributed by atoms with Gasteiger partial charge in [0.1, 0.15) is 5.75 Å². The number of piperazine rings is 1. The molecule has 0 spiro atoms. The molecule has 2 aromatic rings. The third-order valence-electron chi connectivity index (χ3n) is 6.16. The fourth-order valence-corrected chi connectivity index (χ4v) is 4.59. The summed E-state index contributed by atoms with van der Waals surface area (Å²) < 4.78 is 5.60. The van der Waals surface area contributed by atoms with Gasteiger partial charge in [-0.3, -0.25) is 9.69 Å². The lowest BCUT2D eigenvalue weighted by Crippen LogP contribution is -2.48. The Morgan fingerprint density at radius 3 is 2.63 bits per heavy atom. The second kappa shape index (κ2) is 7.01. The van der Waals surface area contributed by atoms with Gasteiger partial charge in [-0.2, -0.15) is 0 Å². The molecule has 3 aliphatic rings. The quantitative estimate of drug-likeness (QED) is 0.841. The molecule has 5 rings (SSSR count). The minimum atomic E-state index is 0.194. The Morgan fingerprint density at radius 1 is 0.889 bits per heavy atom. The van der Waals surface area contributed by atoms with Crippen LogP contribution in [0.3, 0.4) is 0 Å². The molecule has 1 aliphatic carbocycles. The van der Waals surface area contributed by atoms with Crippen LogP contribution in [-0.4, -0.2) is 48.5 Å². The summed E-state index contributed by atoms with van der Waals surface area (Å²) in [5.74, 6) is 1.24. The van der Waals surface area contributed by atoms with Crippen molar-refractivity contribution in [3.63, 3.8) is 0 Å². The van der Waals surface area contributed by atoms with Crippen LogP contribution in [0.1, 0.15) is 39.0 Å². The Kier molecular flexibility index (Phi) is 4.36. The van der Waals surface area contributed by atoms with Crippen molar-refractivity contribution in [2.24, 2.45) is 0 Å². The van der Waals surface area contributed by atoms with Gasteiger partial charge in [0.2, 0.25) is 0 Å². The van der Waals surface area contributed by atoms with E-state index < -0.39 is 0 Å². The summed E-state index contributed by atoms with van der Waals surface area (Å²) in [5.41, 5.74) is 6.34. The number of carbonyl (C=O) groups is 1. The Hall–Kier alpha value is -2.33. The van der Waals surface area contributed by atoms with Crippen molar-refractivity contribution in [2.75, 3.05) is 32.8 Å². The van der Waals surface area contributed by atoms with E-state index in [1.165, 1.54) is 28.7 Å². The van der Waals surface area contributed by atoms with Gasteiger partial charge in [-0.25, -0.2) is 0 Å². The Labute approximate surface area is 160 Å². The first-order valence-corrected chi connectivity index (χ1v) is 10.1. The number of benzene rings is 2. The summed E-state index contributed by atoms with van der Waals surface area (Å²) in [4.78, 5) is 17.4. The van der Waals surface area contributed by atoms with E-state index in [1.807, 2.05) is 11.0 Å². The summed E-state index contributed by atoms with van der Waals surface area (Å²) in [6.07, 6.45) is 4.53. The lowest BCUT2D eigenvalue weighted by atomic mass is 10.1. The normalized spacial score (nSPS) is 18.9. The van der Waals surface area contributed by atoms with Crippen LogP contribution in [-0.2, 0) is 25.8 Å². The van der Waals surface area contributed by atoms with Crippen LogP contribution in [0.15, 0.2) is 36.4 Å². The number of fused-ring (bicyclic) bond motifs is 2. The van der Waals surface area contributed by atoms with Gasteiger partial charge in [0.15, 0.2) is 0 Å². The van der Waals surface area contributed by atoms with Crippen molar-refractivity contribution in [3.8, 4) is 5.75 Å². The molecule has 1 amide bonds. The maximum atomic E-state index is 12.9. The lowest BCUT2D eigenvalue weighted by Gasteiger charge is -2.35. The van der Waals surface area contributed by atoms with Crippen molar-refractivity contribution in [1.82, 2.24) is 9.80 Å². The molecular weight excluding hydrogens is 336 g/mol. The third-order valence-corrected chi connectivity index (χ3v) is 6.16. The molecule has 0 aromatic heterocycles. The molecule has 0 radical (unpaired) electrons. The zero-order valence-electron chi connectivity index (χ0n) is 15.7. The highest BCUT2D eigenvalue weighted by Gasteiger charge is 2.23. The minimum absolute atomic E-state index is 0.194. The predicted octanol–water partition coefficient (Wildman–Crippen LogP) is 3.07. The fourth-order valence-electron chi connectivity index (χ4n) is 4.59. The molecule has 4 nitrogen and oxygen atoms in total. The van der Waals surface area contributed by atoms with Crippen LogP contribution >= 0.6 is 0 Å². The van der Waals surface area contributed by atoms with Gasteiger partial charge in [-0.05, 0) is 59.7 Å². The van der Waals surface area contributed by atoms with Crippen molar-refractivity contribution < 1.29 is 9.53 Å². The highest BCUT2D eigenvalue weighted by atomic mass is 16.5. The summed E-state index contributed by atoms with van der Waals surface area (Å²) in [7, 11) is 0. The van der Waals surface area contributed by atoms with E-state index in [0.717, 1.165) is 69.9 Å². The summed E-state index contributed by atoms with van der Waals surface area (Å²) >= 11 is 0. The third kappa shape index (κ3) is 3.34. The number of rotatable bonds is 3. The van der Waals surface area contributed by atoms with Gasteiger partial charge >= 0.3 is 0 Å². The number of nitrogens with zero attached hydrogens (tertiary/aromatic N) is 2. The number of hydrogen-bond acceptors (Lipinski definition) is 3. The van der Waals surface area contributed by atoms with E-state index in [9.17, 15) is 4.79 Å². The molecule has 0 atom stereocenters. The van der Waals surface area contributed by atoms with Crippen LogP contribution in [0.2, 0.25) is 0 Å². The zero-order valence-corrected chi connectivity index (χ0v) is 15.7. The average molecular weight is 362 g/mol. The van der Waals surface area contributed by atoms with Crippen molar-refractivity contribution >= 4 is 5.91 Å². The largest absolute Gasteiger partial charge is 0.493 e.